The molecule has 0 aliphatic heterocycles. The molecule has 0 heterocycles. The molecule has 2 aromatic carbocycles. The zero-order valence-corrected chi connectivity index (χ0v) is 12.3. The molecule has 2 rings (SSSR count). The minimum Gasteiger partial charge on any atom is -0.338 e. The van der Waals surface area contributed by atoms with Crippen LogP contribution in [-0.4, -0.2) is 11.9 Å². The summed E-state index contributed by atoms with van der Waals surface area (Å²) in [5.74, 6) is 6.43. The third-order valence-corrected chi connectivity index (χ3v) is 3.14. The third-order valence-electron chi connectivity index (χ3n) is 3.14. The molecule has 2 nitrogen and oxygen atoms in total. The fraction of sp³-hybridized carbons (Fsp3) is 0.211. The Labute approximate surface area is 126 Å². The van der Waals surface area contributed by atoms with E-state index in [9.17, 15) is 4.79 Å². The van der Waals surface area contributed by atoms with Crippen LogP contribution in [0.4, 0.5) is 0 Å². The smallest absolute Gasteiger partial charge is 0.252 e. The SMILES string of the molecule is CC(C)[C@H](C#Cc1ccccc1)NC(=O)c1ccccc1. The Bertz CT molecular complexity index is 636. The minimum absolute atomic E-state index is 0.0864. The van der Waals surface area contributed by atoms with E-state index in [-0.39, 0.29) is 17.9 Å². The first kappa shape index (κ1) is 14.9. The molecule has 2 aromatic rings. The second kappa shape index (κ2) is 7.31. The van der Waals surface area contributed by atoms with Gasteiger partial charge in [0.25, 0.3) is 5.91 Å². The molecule has 0 radical (unpaired) electrons. The van der Waals surface area contributed by atoms with Crippen molar-refractivity contribution in [3.8, 4) is 11.8 Å². The summed E-state index contributed by atoms with van der Waals surface area (Å²) >= 11 is 0. The lowest BCUT2D eigenvalue weighted by Crippen LogP contribution is -2.37. The second-order valence-corrected chi connectivity index (χ2v) is 5.20. The minimum atomic E-state index is -0.169. The number of nitrogens with one attached hydrogen (secondary N) is 1. The molecule has 1 amide bonds. The van der Waals surface area contributed by atoms with Crippen molar-refractivity contribution >= 4 is 5.91 Å². The lowest BCUT2D eigenvalue weighted by Gasteiger charge is -2.16. The molecule has 1 atom stereocenters. The molecule has 0 saturated carbocycles. The number of benzene rings is 2. The molecule has 1 N–H and O–H groups in total. The zero-order chi connectivity index (χ0) is 15.1. The first-order valence-electron chi connectivity index (χ1n) is 7.09. The number of carbonyl (C=O) groups excluding carboxylic acids is 1. The largest absolute Gasteiger partial charge is 0.338 e. The summed E-state index contributed by atoms with van der Waals surface area (Å²) in [6, 6.07) is 18.8. The normalized spacial score (nSPS) is 11.4. The van der Waals surface area contributed by atoms with Gasteiger partial charge in [-0.1, -0.05) is 62.1 Å². The third kappa shape index (κ3) is 4.50. The van der Waals surface area contributed by atoms with Crippen molar-refractivity contribution in [3.05, 3.63) is 71.8 Å². The van der Waals surface area contributed by atoms with E-state index in [4.69, 9.17) is 0 Å². The van der Waals surface area contributed by atoms with Crippen molar-refractivity contribution < 1.29 is 4.79 Å². The number of hydrogen-bond donors (Lipinski definition) is 1. The Morgan fingerprint density at radius 2 is 1.52 bits per heavy atom. The van der Waals surface area contributed by atoms with Crippen molar-refractivity contribution in [2.45, 2.75) is 19.9 Å². The summed E-state index contributed by atoms with van der Waals surface area (Å²) in [4.78, 5) is 12.2. The molecular formula is C19H19NO. The van der Waals surface area contributed by atoms with Gasteiger partial charge in [-0.15, -0.1) is 0 Å². The van der Waals surface area contributed by atoms with Crippen LogP contribution >= 0.6 is 0 Å². The Morgan fingerprint density at radius 1 is 0.952 bits per heavy atom. The van der Waals surface area contributed by atoms with E-state index in [0.717, 1.165) is 5.56 Å². The number of rotatable bonds is 3. The van der Waals surface area contributed by atoms with E-state index in [1.165, 1.54) is 0 Å². The lowest BCUT2D eigenvalue weighted by atomic mass is 10.0. The predicted molar refractivity (Wildman–Crippen MR) is 85.9 cm³/mol. The summed E-state index contributed by atoms with van der Waals surface area (Å²) < 4.78 is 0. The van der Waals surface area contributed by atoms with E-state index >= 15 is 0 Å². The standard InChI is InChI=1S/C19H19NO/c1-15(2)18(14-13-16-9-5-3-6-10-16)20-19(21)17-11-7-4-8-12-17/h3-12,15,18H,1-2H3,(H,20,21)/t18-/m0/s1. The van der Waals surface area contributed by atoms with Crippen LogP contribution in [0.15, 0.2) is 60.7 Å². The van der Waals surface area contributed by atoms with Crippen molar-refractivity contribution in [1.29, 1.82) is 0 Å². The summed E-state index contributed by atoms with van der Waals surface area (Å²) in [6.45, 7) is 4.10. The first-order valence-corrected chi connectivity index (χ1v) is 7.09. The monoisotopic (exact) mass is 277 g/mol. The predicted octanol–water partition coefficient (Wildman–Crippen LogP) is 3.49. The van der Waals surface area contributed by atoms with Crippen LogP contribution in [0.5, 0.6) is 0 Å². The highest BCUT2D eigenvalue weighted by molar-refractivity contribution is 5.94. The summed E-state index contributed by atoms with van der Waals surface area (Å²) in [7, 11) is 0. The van der Waals surface area contributed by atoms with Crippen LogP contribution in [0.1, 0.15) is 29.8 Å². The molecular weight excluding hydrogens is 258 g/mol. The second-order valence-electron chi connectivity index (χ2n) is 5.20. The van der Waals surface area contributed by atoms with Gasteiger partial charge in [0.2, 0.25) is 0 Å². The van der Waals surface area contributed by atoms with E-state index < -0.39 is 0 Å². The van der Waals surface area contributed by atoms with Crippen LogP contribution in [0, 0.1) is 17.8 Å². The summed E-state index contributed by atoms with van der Waals surface area (Å²) in [6.07, 6.45) is 0. The van der Waals surface area contributed by atoms with Crippen molar-refractivity contribution in [3.63, 3.8) is 0 Å². The summed E-state index contributed by atoms with van der Waals surface area (Å²) in [5.41, 5.74) is 1.61. The Kier molecular flexibility index (Phi) is 5.17. The molecule has 106 valence electrons. The van der Waals surface area contributed by atoms with Gasteiger partial charge in [0.05, 0.1) is 6.04 Å². The molecule has 0 saturated heterocycles. The van der Waals surface area contributed by atoms with Gasteiger partial charge in [0.1, 0.15) is 0 Å². The summed E-state index contributed by atoms with van der Waals surface area (Å²) in [5, 5.41) is 2.99. The molecule has 0 aromatic heterocycles. The molecule has 0 aliphatic rings. The van der Waals surface area contributed by atoms with E-state index in [0.29, 0.717) is 5.56 Å². The van der Waals surface area contributed by atoms with Crippen molar-refractivity contribution in [1.82, 2.24) is 5.32 Å². The molecule has 0 bridgehead atoms. The Hall–Kier alpha value is -2.53. The number of carbonyl (C=O) groups is 1. The van der Waals surface area contributed by atoms with Crippen LogP contribution < -0.4 is 5.32 Å². The maximum absolute atomic E-state index is 12.2. The van der Waals surface area contributed by atoms with E-state index in [1.807, 2.05) is 48.5 Å². The molecule has 0 unspecified atom stereocenters. The van der Waals surface area contributed by atoms with Crippen LogP contribution in [0.2, 0.25) is 0 Å². The van der Waals surface area contributed by atoms with Gasteiger partial charge in [0, 0.05) is 11.1 Å². The topological polar surface area (TPSA) is 29.1 Å². The highest BCUT2D eigenvalue weighted by atomic mass is 16.1. The first-order chi connectivity index (χ1) is 10.2. The van der Waals surface area contributed by atoms with Crippen molar-refractivity contribution in [2.24, 2.45) is 5.92 Å². The van der Waals surface area contributed by atoms with Gasteiger partial charge < -0.3 is 5.32 Å². The molecule has 0 spiro atoms. The van der Waals surface area contributed by atoms with Gasteiger partial charge in [-0.2, -0.15) is 0 Å². The average molecular weight is 277 g/mol. The van der Waals surface area contributed by atoms with Gasteiger partial charge >= 0.3 is 0 Å². The van der Waals surface area contributed by atoms with Crippen molar-refractivity contribution in [2.75, 3.05) is 0 Å². The van der Waals surface area contributed by atoms with Gasteiger partial charge in [-0.25, -0.2) is 0 Å². The highest BCUT2D eigenvalue weighted by Crippen LogP contribution is 2.05. The highest BCUT2D eigenvalue weighted by Gasteiger charge is 2.14. The van der Waals surface area contributed by atoms with Crippen LogP contribution in [-0.2, 0) is 0 Å². The lowest BCUT2D eigenvalue weighted by molar-refractivity contribution is 0.0938. The molecule has 0 aliphatic carbocycles. The van der Waals surface area contributed by atoms with E-state index in [1.54, 1.807) is 12.1 Å². The Morgan fingerprint density at radius 3 is 2.10 bits per heavy atom. The number of hydrogen-bond acceptors (Lipinski definition) is 1. The number of amides is 1. The zero-order valence-electron chi connectivity index (χ0n) is 12.3. The molecule has 0 fully saturated rings. The maximum Gasteiger partial charge on any atom is 0.252 e. The quantitative estimate of drug-likeness (QED) is 0.855. The van der Waals surface area contributed by atoms with Crippen LogP contribution in [0.25, 0.3) is 0 Å². The fourth-order valence-electron chi connectivity index (χ4n) is 1.87. The van der Waals surface area contributed by atoms with Gasteiger partial charge in [0.15, 0.2) is 0 Å². The van der Waals surface area contributed by atoms with Gasteiger partial charge in [-0.05, 0) is 30.2 Å². The molecule has 21 heavy (non-hydrogen) atoms. The Balaban J connectivity index is 2.10. The van der Waals surface area contributed by atoms with E-state index in [2.05, 4.69) is 31.0 Å². The van der Waals surface area contributed by atoms with Crippen LogP contribution in [0.3, 0.4) is 0 Å². The van der Waals surface area contributed by atoms with Gasteiger partial charge in [-0.3, -0.25) is 4.79 Å². The maximum atomic E-state index is 12.2. The average Bonchev–Trinajstić information content (AvgIpc) is 2.52. The fourth-order valence-corrected chi connectivity index (χ4v) is 1.87. The molecule has 2 heteroatoms.